The summed E-state index contributed by atoms with van der Waals surface area (Å²) in [5, 5.41) is 2.72. The van der Waals surface area contributed by atoms with Crippen LogP contribution in [0, 0.1) is 17.5 Å². The second-order valence-electron chi connectivity index (χ2n) is 4.02. The predicted octanol–water partition coefficient (Wildman–Crippen LogP) is 4.49. The summed E-state index contributed by atoms with van der Waals surface area (Å²) in [6.07, 6.45) is 0. The molecule has 0 spiro atoms. The van der Waals surface area contributed by atoms with Crippen molar-refractivity contribution in [1.29, 1.82) is 0 Å². The standard InChI is InChI=1S/C14H9ClF3NOS/c15-8-2-1-3-9(6-8)21-7-12(20)19-11-5-4-10(16)13(17)14(11)18/h1-6H,7H2,(H,19,20). The molecule has 21 heavy (non-hydrogen) atoms. The van der Waals surface area contributed by atoms with E-state index >= 15 is 0 Å². The summed E-state index contributed by atoms with van der Waals surface area (Å²) >= 11 is 6.99. The van der Waals surface area contributed by atoms with E-state index in [9.17, 15) is 18.0 Å². The van der Waals surface area contributed by atoms with Gasteiger partial charge >= 0.3 is 0 Å². The number of carbonyl (C=O) groups excluding carboxylic acids is 1. The molecule has 0 aliphatic rings. The van der Waals surface area contributed by atoms with E-state index in [1.54, 1.807) is 24.3 Å². The topological polar surface area (TPSA) is 29.1 Å². The van der Waals surface area contributed by atoms with E-state index in [0.717, 1.165) is 17.0 Å². The van der Waals surface area contributed by atoms with Crippen LogP contribution in [0.15, 0.2) is 41.3 Å². The SMILES string of the molecule is O=C(CSc1cccc(Cl)c1)Nc1ccc(F)c(F)c1F. The Bertz CT molecular complexity index is 681. The number of amides is 1. The van der Waals surface area contributed by atoms with Crippen LogP contribution in [0.25, 0.3) is 0 Å². The number of benzene rings is 2. The predicted molar refractivity (Wildman–Crippen MR) is 77.1 cm³/mol. The first-order valence-electron chi connectivity index (χ1n) is 5.79. The zero-order valence-corrected chi connectivity index (χ0v) is 12.1. The van der Waals surface area contributed by atoms with Crippen molar-refractivity contribution in [2.45, 2.75) is 4.90 Å². The molecule has 0 saturated heterocycles. The van der Waals surface area contributed by atoms with Crippen molar-refractivity contribution in [3.05, 3.63) is 58.9 Å². The largest absolute Gasteiger partial charge is 0.323 e. The number of nitrogens with one attached hydrogen (secondary N) is 1. The highest BCUT2D eigenvalue weighted by Crippen LogP contribution is 2.23. The van der Waals surface area contributed by atoms with Gasteiger partial charge in [-0.25, -0.2) is 13.2 Å². The number of anilines is 1. The Morgan fingerprint density at radius 3 is 2.62 bits per heavy atom. The van der Waals surface area contributed by atoms with E-state index in [2.05, 4.69) is 5.32 Å². The van der Waals surface area contributed by atoms with Crippen molar-refractivity contribution >= 4 is 35.0 Å². The molecule has 0 aliphatic heterocycles. The van der Waals surface area contributed by atoms with Crippen LogP contribution >= 0.6 is 23.4 Å². The summed E-state index contributed by atoms with van der Waals surface area (Å²) in [7, 11) is 0. The van der Waals surface area contributed by atoms with E-state index in [0.29, 0.717) is 5.02 Å². The van der Waals surface area contributed by atoms with Crippen molar-refractivity contribution in [2.24, 2.45) is 0 Å². The quantitative estimate of drug-likeness (QED) is 0.660. The van der Waals surface area contributed by atoms with Gasteiger partial charge in [-0.3, -0.25) is 4.79 Å². The van der Waals surface area contributed by atoms with Gasteiger partial charge in [0.05, 0.1) is 11.4 Å². The van der Waals surface area contributed by atoms with Crippen molar-refractivity contribution in [3.8, 4) is 0 Å². The molecule has 0 unspecified atom stereocenters. The molecule has 110 valence electrons. The Morgan fingerprint density at radius 2 is 1.90 bits per heavy atom. The van der Waals surface area contributed by atoms with E-state index in [1.165, 1.54) is 11.8 Å². The molecule has 2 nitrogen and oxygen atoms in total. The van der Waals surface area contributed by atoms with Gasteiger partial charge in [-0.1, -0.05) is 17.7 Å². The molecule has 0 fully saturated rings. The fraction of sp³-hybridized carbons (Fsp3) is 0.0714. The molecule has 2 aromatic rings. The van der Waals surface area contributed by atoms with Crippen LogP contribution in [0.5, 0.6) is 0 Å². The van der Waals surface area contributed by atoms with Gasteiger partial charge in [0.15, 0.2) is 17.5 Å². The second kappa shape index (κ2) is 6.87. The van der Waals surface area contributed by atoms with Crippen molar-refractivity contribution in [1.82, 2.24) is 0 Å². The van der Waals surface area contributed by atoms with E-state index in [-0.39, 0.29) is 5.75 Å². The average Bonchev–Trinajstić information content (AvgIpc) is 2.46. The number of hydrogen-bond acceptors (Lipinski definition) is 2. The number of halogens is 4. The Hall–Kier alpha value is -1.66. The highest BCUT2D eigenvalue weighted by Gasteiger charge is 2.15. The Morgan fingerprint density at radius 1 is 1.14 bits per heavy atom. The maximum Gasteiger partial charge on any atom is 0.234 e. The molecule has 0 bridgehead atoms. The third-order valence-electron chi connectivity index (χ3n) is 2.48. The summed E-state index contributed by atoms with van der Waals surface area (Å²) < 4.78 is 39.2. The third-order valence-corrected chi connectivity index (χ3v) is 3.70. The summed E-state index contributed by atoms with van der Waals surface area (Å²) in [5.41, 5.74) is -0.398. The zero-order chi connectivity index (χ0) is 15.4. The molecule has 0 aromatic heterocycles. The Balaban J connectivity index is 1.98. The fourth-order valence-electron chi connectivity index (χ4n) is 1.51. The fourth-order valence-corrected chi connectivity index (χ4v) is 2.52. The Kier molecular flexibility index (Phi) is 5.14. The van der Waals surface area contributed by atoms with Crippen LogP contribution in [0.2, 0.25) is 5.02 Å². The number of rotatable bonds is 4. The molecule has 7 heteroatoms. The smallest absolute Gasteiger partial charge is 0.234 e. The van der Waals surface area contributed by atoms with Crippen LogP contribution in [0.4, 0.5) is 18.9 Å². The summed E-state index contributed by atoms with van der Waals surface area (Å²) in [4.78, 5) is 12.4. The zero-order valence-electron chi connectivity index (χ0n) is 10.5. The number of carbonyl (C=O) groups is 1. The van der Waals surface area contributed by atoms with Gasteiger partial charge < -0.3 is 5.32 Å². The molecule has 0 radical (unpaired) electrons. The van der Waals surface area contributed by atoms with Crippen molar-refractivity contribution < 1.29 is 18.0 Å². The average molecular weight is 332 g/mol. The van der Waals surface area contributed by atoms with Gasteiger partial charge in [0, 0.05) is 9.92 Å². The molecular weight excluding hydrogens is 323 g/mol. The van der Waals surface area contributed by atoms with Crippen LogP contribution in [-0.2, 0) is 4.79 Å². The molecule has 1 amide bonds. The monoisotopic (exact) mass is 331 g/mol. The number of thioether (sulfide) groups is 1. The van der Waals surface area contributed by atoms with Crippen molar-refractivity contribution in [2.75, 3.05) is 11.1 Å². The van der Waals surface area contributed by atoms with Gasteiger partial charge in [0.1, 0.15) is 0 Å². The summed E-state index contributed by atoms with van der Waals surface area (Å²) in [6.45, 7) is 0. The minimum Gasteiger partial charge on any atom is -0.323 e. The normalized spacial score (nSPS) is 10.5. The first-order chi connectivity index (χ1) is 9.97. The molecule has 2 aromatic carbocycles. The lowest BCUT2D eigenvalue weighted by Crippen LogP contribution is -2.15. The van der Waals surface area contributed by atoms with Gasteiger partial charge in [0.25, 0.3) is 0 Å². The minimum atomic E-state index is -1.62. The summed E-state index contributed by atoms with van der Waals surface area (Å²) in [6, 6.07) is 8.59. The summed E-state index contributed by atoms with van der Waals surface area (Å²) in [5.74, 6) is -4.89. The van der Waals surface area contributed by atoms with Gasteiger partial charge in [-0.15, -0.1) is 11.8 Å². The van der Waals surface area contributed by atoms with Gasteiger partial charge in [-0.05, 0) is 30.3 Å². The van der Waals surface area contributed by atoms with E-state index < -0.39 is 29.0 Å². The van der Waals surface area contributed by atoms with Gasteiger partial charge in [0.2, 0.25) is 5.91 Å². The van der Waals surface area contributed by atoms with Crippen LogP contribution < -0.4 is 5.32 Å². The maximum absolute atomic E-state index is 13.4. The number of hydrogen-bond donors (Lipinski definition) is 1. The molecular formula is C14H9ClF3NOS. The van der Waals surface area contributed by atoms with Crippen LogP contribution in [0.3, 0.4) is 0 Å². The lowest BCUT2D eigenvalue weighted by atomic mass is 10.3. The minimum absolute atomic E-state index is 0.0151. The highest BCUT2D eigenvalue weighted by atomic mass is 35.5. The molecule has 1 N–H and O–H groups in total. The van der Waals surface area contributed by atoms with E-state index in [1.807, 2.05) is 0 Å². The lowest BCUT2D eigenvalue weighted by molar-refractivity contribution is -0.113. The Labute approximate surface area is 128 Å². The molecule has 0 heterocycles. The van der Waals surface area contributed by atoms with Crippen LogP contribution in [-0.4, -0.2) is 11.7 Å². The molecule has 0 saturated carbocycles. The molecule has 0 aliphatic carbocycles. The molecule has 2 rings (SSSR count). The van der Waals surface area contributed by atoms with Gasteiger partial charge in [-0.2, -0.15) is 0 Å². The molecule has 0 atom stereocenters. The highest BCUT2D eigenvalue weighted by molar-refractivity contribution is 8.00. The first kappa shape index (κ1) is 15.7. The lowest BCUT2D eigenvalue weighted by Gasteiger charge is -2.07. The maximum atomic E-state index is 13.4. The van der Waals surface area contributed by atoms with E-state index in [4.69, 9.17) is 11.6 Å². The second-order valence-corrected chi connectivity index (χ2v) is 5.50. The third kappa shape index (κ3) is 4.15. The van der Waals surface area contributed by atoms with Crippen LogP contribution in [0.1, 0.15) is 0 Å². The van der Waals surface area contributed by atoms with Crippen molar-refractivity contribution in [3.63, 3.8) is 0 Å². The first-order valence-corrected chi connectivity index (χ1v) is 7.15.